The predicted octanol–water partition coefficient (Wildman–Crippen LogP) is 3.55. The summed E-state index contributed by atoms with van der Waals surface area (Å²) in [6.45, 7) is 1.83. The summed E-state index contributed by atoms with van der Waals surface area (Å²) in [6.07, 6.45) is 3.73. The maximum absolute atomic E-state index is 12.7. The van der Waals surface area contributed by atoms with Gasteiger partial charge in [0.2, 0.25) is 5.91 Å². The summed E-state index contributed by atoms with van der Waals surface area (Å²) < 4.78 is 5.56. The highest BCUT2D eigenvalue weighted by Gasteiger charge is 2.37. The smallest absolute Gasteiger partial charge is 0.262 e. The van der Waals surface area contributed by atoms with Gasteiger partial charge in [-0.3, -0.25) is 9.59 Å². The fourth-order valence-electron chi connectivity index (χ4n) is 3.55. The summed E-state index contributed by atoms with van der Waals surface area (Å²) in [6, 6.07) is 16.2. The van der Waals surface area contributed by atoms with Crippen molar-refractivity contribution in [3.8, 4) is 5.75 Å². The van der Waals surface area contributed by atoms with Crippen LogP contribution in [-0.4, -0.2) is 24.0 Å². The number of hydrogen-bond donors (Lipinski definition) is 3. The van der Waals surface area contributed by atoms with Crippen molar-refractivity contribution in [3.05, 3.63) is 54.6 Å². The maximum Gasteiger partial charge on any atom is 0.262 e. The van der Waals surface area contributed by atoms with Gasteiger partial charge in [-0.2, -0.15) is 0 Å². The number of nitrogens with two attached hydrogens (primary N) is 1. The molecule has 4 N–H and O–H groups in total. The van der Waals surface area contributed by atoms with Crippen molar-refractivity contribution >= 4 is 23.2 Å². The Labute approximate surface area is 165 Å². The lowest BCUT2D eigenvalue weighted by Gasteiger charge is -2.37. The predicted molar refractivity (Wildman–Crippen MR) is 110 cm³/mol. The van der Waals surface area contributed by atoms with Crippen LogP contribution in [0.1, 0.15) is 32.6 Å². The number of benzene rings is 2. The molecule has 0 saturated heterocycles. The second-order valence-electron chi connectivity index (χ2n) is 7.52. The standard InChI is InChI=1S/C22H27N3O3/c1-22(23)13-6-5-12-19(22)21(27)25-17-10-7-11-18(14-17)28-15-20(26)24-16-8-3-2-4-9-16/h2-4,7-11,14,19H,5-6,12-13,15,23H2,1H3,(H,24,26)(H,25,27). The van der Waals surface area contributed by atoms with E-state index in [-0.39, 0.29) is 24.3 Å². The third-order valence-corrected chi connectivity index (χ3v) is 5.10. The van der Waals surface area contributed by atoms with Gasteiger partial charge in [-0.15, -0.1) is 0 Å². The fourth-order valence-corrected chi connectivity index (χ4v) is 3.55. The van der Waals surface area contributed by atoms with E-state index in [1.54, 1.807) is 24.3 Å². The summed E-state index contributed by atoms with van der Waals surface area (Å²) in [7, 11) is 0. The number of ether oxygens (including phenoxy) is 1. The molecule has 148 valence electrons. The van der Waals surface area contributed by atoms with Crippen molar-refractivity contribution in [3.63, 3.8) is 0 Å². The molecule has 0 aromatic heterocycles. The Morgan fingerprint density at radius 2 is 1.82 bits per heavy atom. The Morgan fingerprint density at radius 1 is 1.07 bits per heavy atom. The molecule has 0 aliphatic heterocycles. The zero-order valence-corrected chi connectivity index (χ0v) is 16.1. The van der Waals surface area contributed by atoms with Crippen LogP contribution >= 0.6 is 0 Å². The van der Waals surface area contributed by atoms with E-state index in [9.17, 15) is 9.59 Å². The number of carbonyl (C=O) groups excluding carboxylic acids is 2. The van der Waals surface area contributed by atoms with Crippen LogP contribution in [-0.2, 0) is 9.59 Å². The quantitative estimate of drug-likeness (QED) is 0.713. The molecule has 1 saturated carbocycles. The molecule has 2 unspecified atom stereocenters. The van der Waals surface area contributed by atoms with Crippen LogP contribution in [0.15, 0.2) is 54.6 Å². The van der Waals surface area contributed by atoms with Crippen molar-refractivity contribution in [2.75, 3.05) is 17.2 Å². The average Bonchev–Trinajstić information content (AvgIpc) is 2.67. The van der Waals surface area contributed by atoms with Crippen LogP contribution in [0.25, 0.3) is 0 Å². The first-order chi connectivity index (χ1) is 13.4. The molecule has 1 fully saturated rings. The highest BCUT2D eigenvalue weighted by atomic mass is 16.5. The monoisotopic (exact) mass is 381 g/mol. The molecule has 0 heterocycles. The second kappa shape index (κ2) is 8.89. The molecule has 28 heavy (non-hydrogen) atoms. The highest BCUT2D eigenvalue weighted by molar-refractivity contribution is 5.94. The molecule has 6 heteroatoms. The van der Waals surface area contributed by atoms with Crippen LogP contribution in [0.5, 0.6) is 5.75 Å². The molecule has 2 amide bonds. The van der Waals surface area contributed by atoms with E-state index in [1.807, 2.05) is 37.3 Å². The summed E-state index contributed by atoms with van der Waals surface area (Å²) in [5.41, 5.74) is 7.19. The second-order valence-corrected chi connectivity index (χ2v) is 7.52. The molecule has 2 aromatic rings. The highest BCUT2D eigenvalue weighted by Crippen LogP contribution is 2.32. The minimum atomic E-state index is -0.480. The van der Waals surface area contributed by atoms with Gasteiger partial charge in [0.25, 0.3) is 5.91 Å². The number of carbonyl (C=O) groups is 2. The van der Waals surface area contributed by atoms with E-state index in [2.05, 4.69) is 10.6 Å². The van der Waals surface area contributed by atoms with Gasteiger partial charge < -0.3 is 21.1 Å². The Bertz CT molecular complexity index is 821. The molecule has 2 aromatic carbocycles. The van der Waals surface area contributed by atoms with Crippen molar-refractivity contribution in [1.82, 2.24) is 0 Å². The first kappa shape index (κ1) is 19.9. The summed E-state index contributed by atoms with van der Waals surface area (Å²) in [5, 5.41) is 5.70. The van der Waals surface area contributed by atoms with E-state index in [0.717, 1.165) is 31.4 Å². The average molecular weight is 381 g/mol. The third kappa shape index (κ3) is 5.33. The fraction of sp³-hybridized carbons (Fsp3) is 0.364. The van der Waals surface area contributed by atoms with E-state index in [0.29, 0.717) is 11.4 Å². The molecule has 6 nitrogen and oxygen atoms in total. The first-order valence-electron chi connectivity index (χ1n) is 9.61. The Hall–Kier alpha value is -2.86. The van der Waals surface area contributed by atoms with Gasteiger partial charge >= 0.3 is 0 Å². The zero-order chi connectivity index (χ0) is 20.0. The van der Waals surface area contributed by atoms with Crippen LogP contribution < -0.4 is 21.1 Å². The van der Waals surface area contributed by atoms with Gasteiger partial charge in [-0.05, 0) is 44.0 Å². The summed E-state index contributed by atoms with van der Waals surface area (Å²) in [5.74, 6) is -0.00643. The summed E-state index contributed by atoms with van der Waals surface area (Å²) >= 11 is 0. The Balaban J connectivity index is 1.55. The van der Waals surface area contributed by atoms with Gasteiger partial charge in [-0.1, -0.05) is 37.1 Å². The zero-order valence-electron chi connectivity index (χ0n) is 16.1. The van der Waals surface area contributed by atoms with Gasteiger partial charge in [0.1, 0.15) is 5.75 Å². The van der Waals surface area contributed by atoms with Crippen LogP contribution in [0.2, 0.25) is 0 Å². The molecular formula is C22H27N3O3. The van der Waals surface area contributed by atoms with Crippen LogP contribution in [0, 0.1) is 5.92 Å². The van der Waals surface area contributed by atoms with Gasteiger partial charge in [0.15, 0.2) is 6.61 Å². The lowest BCUT2D eigenvalue weighted by molar-refractivity contribution is -0.123. The van der Waals surface area contributed by atoms with Crippen molar-refractivity contribution in [1.29, 1.82) is 0 Å². The van der Waals surface area contributed by atoms with Crippen molar-refractivity contribution < 1.29 is 14.3 Å². The number of anilines is 2. The number of para-hydroxylation sites is 1. The largest absolute Gasteiger partial charge is 0.484 e. The lowest BCUT2D eigenvalue weighted by Crippen LogP contribution is -2.51. The molecule has 0 bridgehead atoms. The molecule has 1 aliphatic rings. The number of hydrogen-bond acceptors (Lipinski definition) is 4. The molecule has 2 atom stereocenters. The van der Waals surface area contributed by atoms with Gasteiger partial charge in [0, 0.05) is 23.0 Å². The molecule has 0 radical (unpaired) electrons. The minimum Gasteiger partial charge on any atom is -0.484 e. The van der Waals surface area contributed by atoms with E-state index in [4.69, 9.17) is 10.5 Å². The normalized spacial score (nSPS) is 21.6. The molecular weight excluding hydrogens is 354 g/mol. The molecule has 1 aliphatic carbocycles. The molecule has 0 spiro atoms. The number of amides is 2. The third-order valence-electron chi connectivity index (χ3n) is 5.10. The minimum absolute atomic E-state index is 0.0660. The Kier molecular flexibility index (Phi) is 6.31. The molecule has 3 rings (SSSR count). The van der Waals surface area contributed by atoms with E-state index >= 15 is 0 Å². The Morgan fingerprint density at radius 3 is 2.57 bits per heavy atom. The van der Waals surface area contributed by atoms with Crippen LogP contribution in [0.3, 0.4) is 0 Å². The van der Waals surface area contributed by atoms with Crippen LogP contribution in [0.4, 0.5) is 11.4 Å². The van der Waals surface area contributed by atoms with Gasteiger partial charge in [0.05, 0.1) is 5.92 Å². The SMILES string of the molecule is CC1(N)CCCCC1C(=O)Nc1cccc(OCC(=O)Nc2ccccc2)c1. The van der Waals surface area contributed by atoms with E-state index < -0.39 is 5.54 Å². The van der Waals surface area contributed by atoms with E-state index in [1.165, 1.54) is 0 Å². The maximum atomic E-state index is 12.7. The van der Waals surface area contributed by atoms with Crippen molar-refractivity contribution in [2.24, 2.45) is 11.7 Å². The number of rotatable bonds is 6. The first-order valence-corrected chi connectivity index (χ1v) is 9.61. The number of nitrogens with one attached hydrogen (secondary N) is 2. The van der Waals surface area contributed by atoms with Gasteiger partial charge in [-0.25, -0.2) is 0 Å². The topological polar surface area (TPSA) is 93.5 Å². The lowest BCUT2D eigenvalue weighted by atomic mass is 9.74. The summed E-state index contributed by atoms with van der Waals surface area (Å²) in [4.78, 5) is 24.7. The van der Waals surface area contributed by atoms with Crippen molar-refractivity contribution in [2.45, 2.75) is 38.1 Å².